The van der Waals surface area contributed by atoms with E-state index in [1.54, 1.807) is 0 Å². The third kappa shape index (κ3) is 3.30. The second-order valence-electron chi connectivity index (χ2n) is 5.37. The number of nitrogens with two attached hydrogens (primary N) is 1. The molecule has 0 saturated heterocycles. The molecule has 2 nitrogen and oxygen atoms in total. The van der Waals surface area contributed by atoms with Crippen LogP contribution >= 0.6 is 0 Å². The zero-order chi connectivity index (χ0) is 12.3. The summed E-state index contributed by atoms with van der Waals surface area (Å²) in [5.74, 6) is 0. The van der Waals surface area contributed by atoms with Gasteiger partial charge in [-0.15, -0.1) is 0 Å². The molecule has 1 aliphatic carbocycles. The van der Waals surface area contributed by atoms with Gasteiger partial charge >= 0.3 is 0 Å². The molecule has 0 aromatic heterocycles. The SMILES string of the molecule is Cc1cccc(C(N)CCN(C)C2CCC2)c1. The van der Waals surface area contributed by atoms with E-state index in [9.17, 15) is 0 Å². The Morgan fingerprint density at radius 3 is 2.76 bits per heavy atom. The van der Waals surface area contributed by atoms with Crippen molar-refractivity contribution in [1.29, 1.82) is 0 Å². The van der Waals surface area contributed by atoms with Gasteiger partial charge in [0.1, 0.15) is 0 Å². The third-order valence-corrected chi connectivity index (χ3v) is 3.96. The Hall–Kier alpha value is -0.860. The summed E-state index contributed by atoms with van der Waals surface area (Å²) >= 11 is 0. The molecule has 1 atom stereocenters. The van der Waals surface area contributed by atoms with Crippen molar-refractivity contribution in [3.8, 4) is 0 Å². The van der Waals surface area contributed by atoms with E-state index in [1.165, 1.54) is 30.4 Å². The fourth-order valence-electron chi connectivity index (χ4n) is 2.42. The molecular formula is C15H24N2. The Morgan fingerprint density at radius 1 is 1.41 bits per heavy atom. The van der Waals surface area contributed by atoms with E-state index in [2.05, 4.69) is 43.1 Å². The molecule has 0 spiro atoms. The van der Waals surface area contributed by atoms with Gasteiger partial charge in [0.15, 0.2) is 0 Å². The third-order valence-electron chi connectivity index (χ3n) is 3.96. The Morgan fingerprint density at radius 2 is 2.18 bits per heavy atom. The van der Waals surface area contributed by atoms with Crippen molar-refractivity contribution in [3.05, 3.63) is 35.4 Å². The summed E-state index contributed by atoms with van der Waals surface area (Å²) in [4.78, 5) is 2.47. The molecule has 1 aromatic rings. The number of nitrogens with zero attached hydrogens (tertiary/aromatic N) is 1. The van der Waals surface area contributed by atoms with E-state index in [0.717, 1.165) is 19.0 Å². The average Bonchev–Trinajstić information content (AvgIpc) is 2.23. The molecule has 0 radical (unpaired) electrons. The van der Waals surface area contributed by atoms with Crippen LogP contribution in [0.25, 0.3) is 0 Å². The lowest BCUT2D eigenvalue weighted by atomic mass is 9.91. The summed E-state index contributed by atoms with van der Waals surface area (Å²) in [6.45, 7) is 3.23. The standard InChI is InChI=1S/C15H24N2/c1-12-5-3-6-13(11-12)15(16)9-10-17(2)14-7-4-8-14/h3,5-6,11,14-15H,4,7-10,16H2,1-2H3. The van der Waals surface area contributed by atoms with Gasteiger partial charge in [-0.2, -0.15) is 0 Å². The van der Waals surface area contributed by atoms with Crippen molar-refractivity contribution in [1.82, 2.24) is 4.90 Å². The van der Waals surface area contributed by atoms with Crippen molar-refractivity contribution < 1.29 is 0 Å². The molecule has 1 unspecified atom stereocenters. The lowest BCUT2D eigenvalue weighted by Crippen LogP contribution is -2.38. The number of rotatable bonds is 5. The predicted octanol–water partition coefficient (Wildman–Crippen LogP) is 2.87. The summed E-state index contributed by atoms with van der Waals surface area (Å²) in [6, 6.07) is 9.56. The van der Waals surface area contributed by atoms with E-state index in [4.69, 9.17) is 5.73 Å². The number of aryl methyl sites for hydroxylation is 1. The monoisotopic (exact) mass is 232 g/mol. The van der Waals surface area contributed by atoms with Crippen molar-refractivity contribution in [3.63, 3.8) is 0 Å². The predicted molar refractivity (Wildman–Crippen MR) is 73.0 cm³/mol. The van der Waals surface area contributed by atoms with Gasteiger partial charge in [0.05, 0.1) is 0 Å². The van der Waals surface area contributed by atoms with Crippen LogP contribution in [0.2, 0.25) is 0 Å². The van der Waals surface area contributed by atoms with Crippen LogP contribution in [0.3, 0.4) is 0 Å². The fraction of sp³-hybridized carbons (Fsp3) is 0.600. The molecule has 2 rings (SSSR count). The van der Waals surface area contributed by atoms with Gasteiger partial charge in [0.2, 0.25) is 0 Å². The Kier molecular flexibility index (Phi) is 4.19. The van der Waals surface area contributed by atoms with Gasteiger partial charge < -0.3 is 10.6 Å². The maximum atomic E-state index is 6.25. The van der Waals surface area contributed by atoms with E-state index in [1.807, 2.05) is 0 Å². The smallest absolute Gasteiger partial charge is 0.0307 e. The molecular weight excluding hydrogens is 208 g/mol. The summed E-state index contributed by atoms with van der Waals surface area (Å²) < 4.78 is 0. The normalized spacial score (nSPS) is 18.1. The number of benzene rings is 1. The second-order valence-corrected chi connectivity index (χ2v) is 5.37. The van der Waals surface area contributed by atoms with Crippen LogP contribution in [0.1, 0.15) is 42.9 Å². The van der Waals surface area contributed by atoms with E-state index < -0.39 is 0 Å². The molecule has 0 amide bonds. The van der Waals surface area contributed by atoms with Crippen LogP contribution in [-0.4, -0.2) is 24.5 Å². The van der Waals surface area contributed by atoms with Gasteiger partial charge in [-0.1, -0.05) is 36.2 Å². The maximum absolute atomic E-state index is 6.25. The van der Waals surface area contributed by atoms with Crippen LogP contribution in [0.5, 0.6) is 0 Å². The highest BCUT2D eigenvalue weighted by Crippen LogP contribution is 2.24. The maximum Gasteiger partial charge on any atom is 0.0307 e. The van der Waals surface area contributed by atoms with E-state index in [0.29, 0.717) is 0 Å². The lowest BCUT2D eigenvalue weighted by Gasteiger charge is -2.35. The van der Waals surface area contributed by atoms with Crippen LogP contribution in [0.15, 0.2) is 24.3 Å². The first-order valence-electron chi connectivity index (χ1n) is 6.69. The highest BCUT2D eigenvalue weighted by atomic mass is 15.1. The van der Waals surface area contributed by atoms with Crippen molar-refractivity contribution in [2.45, 2.75) is 44.7 Å². The summed E-state index contributed by atoms with van der Waals surface area (Å²) in [7, 11) is 2.23. The molecule has 0 bridgehead atoms. The van der Waals surface area contributed by atoms with Gasteiger partial charge in [-0.3, -0.25) is 0 Å². The van der Waals surface area contributed by atoms with Gasteiger partial charge in [-0.25, -0.2) is 0 Å². The van der Waals surface area contributed by atoms with Crippen LogP contribution < -0.4 is 5.73 Å². The van der Waals surface area contributed by atoms with Crippen molar-refractivity contribution >= 4 is 0 Å². The molecule has 1 fully saturated rings. The number of hydrogen-bond donors (Lipinski definition) is 1. The summed E-state index contributed by atoms with van der Waals surface area (Å²) in [5.41, 5.74) is 8.81. The molecule has 1 saturated carbocycles. The average molecular weight is 232 g/mol. The van der Waals surface area contributed by atoms with E-state index in [-0.39, 0.29) is 6.04 Å². The summed E-state index contributed by atoms with van der Waals surface area (Å²) in [6.07, 6.45) is 5.20. The molecule has 17 heavy (non-hydrogen) atoms. The minimum Gasteiger partial charge on any atom is -0.324 e. The molecule has 1 aliphatic rings. The largest absolute Gasteiger partial charge is 0.324 e. The molecule has 0 aliphatic heterocycles. The Bertz CT molecular complexity index is 358. The van der Waals surface area contributed by atoms with Crippen molar-refractivity contribution in [2.24, 2.45) is 5.73 Å². The van der Waals surface area contributed by atoms with E-state index >= 15 is 0 Å². The first-order chi connectivity index (χ1) is 8.16. The lowest BCUT2D eigenvalue weighted by molar-refractivity contribution is 0.155. The molecule has 0 heterocycles. The fourth-order valence-corrected chi connectivity index (χ4v) is 2.42. The molecule has 94 valence electrons. The quantitative estimate of drug-likeness (QED) is 0.846. The highest BCUT2D eigenvalue weighted by Gasteiger charge is 2.21. The van der Waals surface area contributed by atoms with Gasteiger partial charge in [0.25, 0.3) is 0 Å². The van der Waals surface area contributed by atoms with Gasteiger partial charge in [0, 0.05) is 12.1 Å². The highest BCUT2D eigenvalue weighted by molar-refractivity contribution is 5.24. The van der Waals surface area contributed by atoms with Crippen molar-refractivity contribution in [2.75, 3.05) is 13.6 Å². The minimum absolute atomic E-state index is 0.178. The first-order valence-corrected chi connectivity index (χ1v) is 6.69. The van der Waals surface area contributed by atoms with Crippen LogP contribution in [-0.2, 0) is 0 Å². The zero-order valence-electron chi connectivity index (χ0n) is 11.0. The minimum atomic E-state index is 0.178. The molecule has 2 N–H and O–H groups in total. The topological polar surface area (TPSA) is 29.3 Å². The number of hydrogen-bond acceptors (Lipinski definition) is 2. The van der Waals surface area contributed by atoms with Crippen LogP contribution in [0.4, 0.5) is 0 Å². The molecule has 2 heteroatoms. The Balaban J connectivity index is 1.82. The second kappa shape index (κ2) is 5.65. The zero-order valence-corrected chi connectivity index (χ0v) is 11.0. The van der Waals surface area contributed by atoms with Crippen LogP contribution in [0, 0.1) is 6.92 Å². The first kappa shape index (κ1) is 12.6. The molecule has 1 aromatic carbocycles. The Labute approximate surface area is 105 Å². The van der Waals surface area contributed by atoms with Gasteiger partial charge in [-0.05, 0) is 45.3 Å². The summed E-state index contributed by atoms with van der Waals surface area (Å²) in [5, 5.41) is 0.